The van der Waals surface area contributed by atoms with Crippen molar-refractivity contribution in [2.75, 3.05) is 0 Å². The van der Waals surface area contributed by atoms with Gasteiger partial charge in [0.05, 0.1) is 15.9 Å². The van der Waals surface area contributed by atoms with E-state index in [1.807, 2.05) is 30.7 Å². The molecule has 21 heavy (non-hydrogen) atoms. The molecular formula is C16H14FN3S. The van der Waals surface area contributed by atoms with Gasteiger partial charge in [0.25, 0.3) is 0 Å². The Hall–Kier alpha value is -2.27. The Bertz CT molecular complexity index is 872. The van der Waals surface area contributed by atoms with Gasteiger partial charge in [0.15, 0.2) is 0 Å². The van der Waals surface area contributed by atoms with Crippen LogP contribution in [0.1, 0.15) is 12.5 Å². The lowest BCUT2D eigenvalue weighted by Crippen LogP contribution is -2.09. The van der Waals surface area contributed by atoms with Crippen LogP contribution in [0.5, 0.6) is 0 Å². The number of rotatable bonds is 2. The summed E-state index contributed by atoms with van der Waals surface area (Å²) in [5.74, 6) is -0.251. The third-order valence-electron chi connectivity index (χ3n) is 3.26. The van der Waals surface area contributed by atoms with Gasteiger partial charge in [0.2, 0.25) is 4.80 Å². The molecule has 3 rings (SSSR count). The van der Waals surface area contributed by atoms with Crippen LogP contribution in [-0.2, 0) is 7.05 Å². The van der Waals surface area contributed by atoms with Gasteiger partial charge in [0.1, 0.15) is 5.82 Å². The minimum atomic E-state index is -0.251. The molecule has 0 radical (unpaired) electrons. The van der Waals surface area contributed by atoms with Crippen molar-refractivity contribution in [2.24, 2.45) is 17.3 Å². The van der Waals surface area contributed by atoms with Gasteiger partial charge >= 0.3 is 0 Å². The molecule has 1 aromatic heterocycles. The van der Waals surface area contributed by atoms with Crippen molar-refractivity contribution in [3.8, 4) is 0 Å². The Balaban J connectivity index is 2.02. The SMILES string of the molecule is C/C(=N\N=c1/sc2ccccc2n1C)c1ccc(F)cc1. The van der Waals surface area contributed by atoms with Crippen LogP contribution >= 0.6 is 11.3 Å². The van der Waals surface area contributed by atoms with Gasteiger partial charge in [-0.2, -0.15) is 5.10 Å². The summed E-state index contributed by atoms with van der Waals surface area (Å²) in [6, 6.07) is 14.4. The summed E-state index contributed by atoms with van der Waals surface area (Å²) in [4.78, 5) is 0.831. The second kappa shape index (κ2) is 5.61. The van der Waals surface area contributed by atoms with Crippen LogP contribution in [0.4, 0.5) is 4.39 Å². The van der Waals surface area contributed by atoms with Crippen molar-refractivity contribution < 1.29 is 4.39 Å². The summed E-state index contributed by atoms with van der Waals surface area (Å²) in [6.45, 7) is 1.87. The number of thiazole rings is 1. The molecule has 3 aromatic rings. The summed E-state index contributed by atoms with van der Waals surface area (Å²) in [6.07, 6.45) is 0. The lowest BCUT2D eigenvalue weighted by atomic mass is 10.1. The first kappa shape index (κ1) is 13.7. The van der Waals surface area contributed by atoms with E-state index in [0.717, 1.165) is 21.6 Å². The van der Waals surface area contributed by atoms with Crippen LogP contribution in [-0.4, -0.2) is 10.3 Å². The summed E-state index contributed by atoms with van der Waals surface area (Å²) in [5, 5.41) is 8.58. The molecular weight excluding hydrogens is 285 g/mol. The standard InChI is InChI=1S/C16H14FN3S/c1-11(12-7-9-13(17)10-8-12)18-19-16-20(2)14-5-3-4-6-15(14)21-16/h3-10H,1-2H3/b18-11+,19-16-. The van der Waals surface area contributed by atoms with Crippen molar-refractivity contribution in [3.05, 3.63) is 64.7 Å². The third-order valence-corrected chi connectivity index (χ3v) is 4.37. The van der Waals surface area contributed by atoms with E-state index in [9.17, 15) is 4.39 Å². The van der Waals surface area contributed by atoms with E-state index >= 15 is 0 Å². The quantitative estimate of drug-likeness (QED) is 0.510. The zero-order chi connectivity index (χ0) is 14.8. The second-order valence-electron chi connectivity index (χ2n) is 4.70. The maximum Gasteiger partial charge on any atom is 0.211 e. The number of benzene rings is 2. The minimum Gasteiger partial charge on any atom is -0.318 e. The molecule has 0 aliphatic carbocycles. The number of hydrogen-bond donors (Lipinski definition) is 0. The van der Waals surface area contributed by atoms with Crippen molar-refractivity contribution >= 4 is 27.3 Å². The van der Waals surface area contributed by atoms with Gasteiger partial charge in [-0.1, -0.05) is 35.6 Å². The minimum absolute atomic E-state index is 0.251. The monoisotopic (exact) mass is 299 g/mol. The average Bonchev–Trinajstić information content (AvgIpc) is 2.82. The topological polar surface area (TPSA) is 29.6 Å². The number of aryl methyl sites for hydroxylation is 1. The molecule has 0 N–H and O–H groups in total. The van der Waals surface area contributed by atoms with Crippen LogP contribution in [0.2, 0.25) is 0 Å². The average molecular weight is 299 g/mol. The summed E-state index contributed by atoms with van der Waals surface area (Å²) >= 11 is 1.59. The molecule has 0 bridgehead atoms. The van der Waals surface area contributed by atoms with Gasteiger partial charge in [-0.3, -0.25) is 0 Å². The van der Waals surface area contributed by atoms with Crippen molar-refractivity contribution in [3.63, 3.8) is 0 Å². The van der Waals surface area contributed by atoms with Crippen LogP contribution in [0, 0.1) is 5.82 Å². The molecule has 106 valence electrons. The smallest absolute Gasteiger partial charge is 0.211 e. The Labute approximate surface area is 125 Å². The number of para-hydroxylation sites is 1. The van der Waals surface area contributed by atoms with E-state index in [4.69, 9.17) is 0 Å². The Morgan fingerprint density at radius 1 is 1.10 bits per heavy atom. The Kier molecular flexibility index (Phi) is 3.66. The zero-order valence-electron chi connectivity index (χ0n) is 11.7. The first-order chi connectivity index (χ1) is 10.1. The van der Waals surface area contributed by atoms with Crippen LogP contribution in [0.25, 0.3) is 10.2 Å². The summed E-state index contributed by atoms with van der Waals surface area (Å²) < 4.78 is 16.1. The molecule has 0 saturated heterocycles. The molecule has 0 spiro atoms. The van der Waals surface area contributed by atoms with E-state index in [1.54, 1.807) is 23.5 Å². The maximum absolute atomic E-state index is 12.9. The van der Waals surface area contributed by atoms with E-state index in [-0.39, 0.29) is 5.82 Å². The second-order valence-corrected chi connectivity index (χ2v) is 5.71. The maximum atomic E-state index is 12.9. The number of nitrogens with zero attached hydrogens (tertiary/aromatic N) is 3. The van der Waals surface area contributed by atoms with E-state index in [0.29, 0.717) is 0 Å². The van der Waals surface area contributed by atoms with Crippen LogP contribution in [0.3, 0.4) is 0 Å². The molecule has 0 unspecified atom stereocenters. The number of hydrogen-bond acceptors (Lipinski definition) is 3. The highest BCUT2D eigenvalue weighted by atomic mass is 32.1. The summed E-state index contributed by atoms with van der Waals surface area (Å²) in [5.41, 5.74) is 2.76. The lowest BCUT2D eigenvalue weighted by molar-refractivity contribution is 0.628. The molecule has 0 aliphatic heterocycles. The predicted molar refractivity (Wildman–Crippen MR) is 85.0 cm³/mol. The molecule has 0 amide bonds. The fourth-order valence-electron chi connectivity index (χ4n) is 2.04. The molecule has 1 heterocycles. The molecule has 5 heteroatoms. The fourth-order valence-corrected chi connectivity index (χ4v) is 3.01. The van der Waals surface area contributed by atoms with Crippen molar-refractivity contribution in [1.29, 1.82) is 0 Å². The van der Waals surface area contributed by atoms with Crippen molar-refractivity contribution in [2.45, 2.75) is 6.92 Å². The normalized spacial score (nSPS) is 13.1. The highest BCUT2D eigenvalue weighted by Gasteiger charge is 2.01. The summed E-state index contributed by atoms with van der Waals surface area (Å²) in [7, 11) is 1.97. The Morgan fingerprint density at radius 2 is 1.81 bits per heavy atom. The number of aromatic nitrogens is 1. The molecule has 3 nitrogen and oxygen atoms in total. The first-order valence-electron chi connectivity index (χ1n) is 6.54. The number of halogens is 1. The third kappa shape index (κ3) is 2.78. The largest absolute Gasteiger partial charge is 0.318 e. The van der Waals surface area contributed by atoms with Gasteiger partial charge in [-0.05, 0) is 36.8 Å². The van der Waals surface area contributed by atoms with Gasteiger partial charge in [-0.15, -0.1) is 5.10 Å². The zero-order valence-corrected chi connectivity index (χ0v) is 12.6. The lowest BCUT2D eigenvalue weighted by Gasteiger charge is -1.97. The van der Waals surface area contributed by atoms with Gasteiger partial charge < -0.3 is 4.57 Å². The van der Waals surface area contributed by atoms with Crippen molar-refractivity contribution in [1.82, 2.24) is 4.57 Å². The van der Waals surface area contributed by atoms with Gasteiger partial charge in [0, 0.05) is 7.05 Å². The Morgan fingerprint density at radius 3 is 2.52 bits per heavy atom. The van der Waals surface area contributed by atoms with Crippen LogP contribution < -0.4 is 4.80 Å². The highest BCUT2D eigenvalue weighted by Crippen LogP contribution is 2.15. The molecule has 0 aliphatic rings. The molecule has 0 saturated carbocycles. The van der Waals surface area contributed by atoms with E-state index in [1.165, 1.54) is 16.8 Å². The van der Waals surface area contributed by atoms with Gasteiger partial charge in [-0.25, -0.2) is 4.39 Å². The molecule has 2 aromatic carbocycles. The van der Waals surface area contributed by atoms with E-state index < -0.39 is 0 Å². The fraction of sp³-hybridized carbons (Fsp3) is 0.125. The molecule has 0 atom stereocenters. The first-order valence-corrected chi connectivity index (χ1v) is 7.35. The number of fused-ring (bicyclic) bond motifs is 1. The predicted octanol–water partition coefficient (Wildman–Crippen LogP) is 3.70. The highest BCUT2D eigenvalue weighted by molar-refractivity contribution is 7.16. The van der Waals surface area contributed by atoms with Crippen LogP contribution in [0.15, 0.2) is 58.7 Å². The van der Waals surface area contributed by atoms with E-state index in [2.05, 4.69) is 22.3 Å². The molecule has 0 fully saturated rings.